The van der Waals surface area contributed by atoms with Gasteiger partial charge in [-0.2, -0.15) is 0 Å². The monoisotopic (exact) mass is 114 g/mol. The molecule has 0 aliphatic rings. The minimum atomic E-state index is 0.0918. The molecule has 0 fully saturated rings. The van der Waals surface area contributed by atoms with E-state index in [1.54, 1.807) is 0 Å². The van der Waals surface area contributed by atoms with Gasteiger partial charge < -0.3 is 10.4 Å². The number of nitrogens with zero attached hydrogens (tertiary/aromatic N) is 1. The molecule has 0 aromatic carbocycles. The van der Waals surface area contributed by atoms with Crippen molar-refractivity contribution >= 4 is 6.72 Å². The van der Waals surface area contributed by atoms with E-state index in [0.717, 1.165) is 0 Å². The van der Waals surface area contributed by atoms with E-state index in [9.17, 15) is 0 Å². The van der Waals surface area contributed by atoms with Gasteiger partial charge >= 0.3 is 0 Å². The quantitative estimate of drug-likeness (QED) is 0.494. The van der Waals surface area contributed by atoms with Crippen molar-refractivity contribution in [3.63, 3.8) is 0 Å². The Bertz CT molecular complexity index is 90.4. The van der Waals surface area contributed by atoms with Crippen LogP contribution in [0.3, 0.4) is 0 Å². The van der Waals surface area contributed by atoms with Gasteiger partial charge in [0.2, 0.25) is 0 Å². The molecular weight excluding hydrogens is 104 g/mol. The fourth-order valence-corrected chi connectivity index (χ4v) is 0.256. The summed E-state index contributed by atoms with van der Waals surface area (Å²) in [6.45, 7) is 7.25. The van der Waals surface area contributed by atoms with Crippen LogP contribution in [0.25, 0.3) is 0 Å². The number of aliphatic hydroxyl groups excluding tert-OH is 1. The minimum Gasteiger partial charge on any atom is -0.395 e. The number of hydrogen-bond acceptors (Lipinski definition) is 3. The van der Waals surface area contributed by atoms with Gasteiger partial charge in [0, 0.05) is 6.54 Å². The average Bonchev–Trinajstić information content (AvgIpc) is 1.83. The van der Waals surface area contributed by atoms with E-state index in [1.165, 1.54) is 0 Å². The van der Waals surface area contributed by atoms with E-state index in [4.69, 9.17) is 5.11 Å². The van der Waals surface area contributed by atoms with Crippen LogP contribution in [0.5, 0.6) is 0 Å². The fourth-order valence-electron chi connectivity index (χ4n) is 0.256. The maximum Gasteiger partial charge on any atom is 0.117 e. The van der Waals surface area contributed by atoms with E-state index in [0.29, 0.717) is 12.4 Å². The average molecular weight is 114 g/mol. The molecule has 46 valence electrons. The molecule has 3 nitrogen and oxygen atoms in total. The summed E-state index contributed by atoms with van der Waals surface area (Å²) in [5.41, 5.74) is 0. The van der Waals surface area contributed by atoms with E-state index in [2.05, 4.69) is 23.6 Å². The zero-order chi connectivity index (χ0) is 6.41. The van der Waals surface area contributed by atoms with Crippen LogP contribution < -0.4 is 5.32 Å². The van der Waals surface area contributed by atoms with Gasteiger partial charge in [0.25, 0.3) is 0 Å². The first-order valence-electron chi connectivity index (χ1n) is 2.31. The molecule has 3 heteroatoms. The maximum atomic E-state index is 8.24. The van der Waals surface area contributed by atoms with Gasteiger partial charge in [0.1, 0.15) is 5.82 Å². The van der Waals surface area contributed by atoms with E-state index < -0.39 is 0 Å². The Labute approximate surface area is 48.7 Å². The summed E-state index contributed by atoms with van der Waals surface area (Å²) >= 11 is 0. The molecule has 0 aliphatic heterocycles. The highest BCUT2D eigenvalue weighted by Crippen LogP contribution is 1.78. The molecular formula is C5H10N2O. The molecule has 0 rings (SSSR count). The van der Waals surface area contributed by atoms with Crippen molar-refractivity contribution in [2.24, 2.45) is 4.99 Å². The summed E-state index contributed by atoms with van der Waals surface area (Å²) in [4.78, 5) is 3.46. The molecule has 8 heavy (non-hydrogen) atoms. The van der Waals surface area contributed by atoms with Crippen LogP contribution in [0, 0.1) is 0 Å². The molecule has 0 amide bonds. The first kappa shape index (κ1) is 7.17. The Balaban J connectivity index is 3.11. The number of aliphatic hydroxyl groups is 1. The van der Waals surface area contributed by atoms with Crippen LogP contribution in [0.2, 0.25) is 0 Å². The number of nitrogens with one attached hydrogen (secondary N) is 1. The zero-order valence-electron chi connectivity index (χ0n) is 4.72. The Morgan fingerprint density at radius 3 is 2.75 bits per heavy atom. The molecule has 0 heterocycles. The lowest BCUT2D eigenvalue weighted by Crippen LogP contribution is -2.15. The first-order chi connectivity index (χ1) is 3.81. The predicted octanol–water partition coefficient (Wildman–Crippen LogP) is -0.260. The SMILES string of the molecule is C=NC(=C)NCCO. The molecule has 0 bridgehead atoms. The maximum absolute atomic E-state index is 8.24. The van der Waals surface area contributed by atoms with Gasteiger partial charge in [0.05, 0.1) is 6.61 Å². The number of hydrogen-bond donors (Lipinski definition) is 2. The summed E-state index contributed by atoms with van der Waals surface area (Å²) in [6, 6.07) is 0. The van der Waals surface area contributed by atoms with Crippen LogP contribution in [0.4, 0.5) is 0 Å². The van der Waals surface area contributed by atoms with Crippen molar-refractivity contribution in [3.05, 3.63) is 12.4 Å². The van der Waals surface area contributed by atoms with E-state index in [1.807, 2.05) is 0 Å². The lowest BCUT2D eigenvalue weighted by molar-refractivity contribution is 0.297. The Morgan fingerprint density at radius 1 is 1.75 bits per heavy atom. The lowest BCUT2D eigenvalue weighted by Gasteiger charge is -1.98. The Morgan fingerprint density at radius 2 is 2.38 bits per heavy atom. The second kappa shape index (κ2) is 4.33. The second-order valence-electron chi connectivity index (χ2n) is 1.26. The Kier molecular flexibility index (Phi) is 3.88. The molecule has 0 aromatic rings. The van der Waals surface area contributed by atoms with Gasteiger partial charge in [-0.25, -0.2) is 4.99 Å². The highest BCUT2D eigenvalue weighted by Gasteiger charge is 1.81. The normalized spacial score (nSPS) is 8.12. The molecule has 0 aromatic heterocycles. The highest BCUT2D eigenvalue weighted by molar-refractivity contribution is 5.27. The van der Waals surface area contributed by atoms with Gasteiger partial charge in [-0.15, -0.1) is 0 Å². The van der Waals surface area contributed by atoms with Crippen LogP contribution in [0.15, 0.2) is 17.4 Å². The molecule has 2 N–H and O–H groups in total. The smallest absolute Gasteiger partial charge is 0.117 e. The zero-order valence-corrected chi connectivity index (χ0v) is 4.72. The summed E-state index contributed by atoms with van der Waals surface area (Å²) in [5, 5.41) is 11.0. The number of rotatable bonds is 4. The lowest BCUT2D eigenvalue weighted by atomic mass is 10.6. The van der Waals surface area contributed by atoms with Crippen molar-refractivity contribution < 1.29 is 5.11 Å². The largest absolute Gasteiger partial charge is 0.395 e. The summed E-state index contributed by atoms with van der Waals surface area (Å²) in [5.74, 6) is 0.499. The molecule has 0 saturated carbocycles. The van der Waals surface area contributed by atoms with Crippen molar-refractivity contribution in [2.45, 2.75) is 0 Å². The highest BCUT2D eigenvalue weighted by atomic mass is 16.3. The van der Waals surface area contributed by atoms with Gasteiger partial charge in [-0.05, 0) is 6.72 Å². The predicted molar refractivity (Wildman–Crippen MR) is 33.8 cm³/mol. The summed E-state index contributed by atoms with van der Waals surface area (Å²) < 4.78 is 0. The first-order valence-corrected chi connectivity index (χ1v) is 2.31. The third kappa shape index (κ3) is 3.36. The standard InChI is InChI=1S/C5H10N2O/c1-5(6-2)7-3-4-8/h7-8H,1-4H2. The van der Waals surface area contributed by atoms with Gasteiger partial charge in [-0.3, -0.25) is 0 Å². The van der Waals surface area contributed by atoms with Gasteiger partial charge in [0.15, 0.2) is 0 Å². The van der Waals surface area contributed by atoms with Crippen molar-refractivity contribution in [1.29, 1.82) is 0 Å². The molecule has 0 spiro atoms. The van der Waals surface area contributed by atoms with Crippen molar-refractivity contribution in [3.8, 4) is 0 Å². The van der Waals surface area contributed by atoms with E-state index >= 15 is 0 Å². The van der Waals surface area contributed by atoms with E-state index in [-0.39, 0.29) is 6.61 Å². The van der Waals surface area contributed by atoms with Crippen molar-refractivity contribution in [2.75, 3.05) is 13.2 Å². The fraction of sp³-hybridized carbons (Fsp3) is 0.400. The number of aliphatic imine (C=N–C) groups is 1. The third-order valence-corrected chi connectivity index (χ3v) is 0.632. The molecule has 0 radical (unpaired) electrons. The topological polar surface area (TPSA) is 44.6 Å². The summed E-state index contributed by atoms with van der Waals surface area (Å²) in [6.07, 6.45) is 0. The van der Waals surface area contributed by atoms with Crippen LogP contribution in [-0.4, -0.2) is 25.0 Å². The van der Waals surface area contributed by atoms with Crippen molar-refractivity contribution in [1.82, 2.24) is 5.32 Å². The third-order valence-electron chi connectivity index (χ3n) is 0.632. The molecule has 0 unspecified atom stereocenters. The van der Waals surface area contributed by atoms with Gasteiger partial charge in [-0.1, -0.05) is 6.58 Å². The van der Waals surface area contributed by atoms with Crippen LogP contribution in [-0.2, 0) is 0 Å². The molecule has 0 saturated heterocycles. The molecule has 0 aliphatic carbocycles. The minimum absolute atomic E-state index is 0.0918. The van der Waals surface area contributed by atoms with Crippen LogP contribution in [0.1, 0.15) is 0 Å². The summed E-state index contributed by atoms with van der Waals surface area (Å²) in [7, 11) is 0. The Hall–Kier alpha value is -0.830. The molecule has 0 atom stereocenters. The second-order valence-corrected chi connectivity index (χ2v) is 1.26. The van der Waals surface area contributed by atoms with Crippen LogP contribution >= 0.6 is 0 Å².